The lowest BCUT2D eigenvalue weighted by atomic mass is 10.2. The van der Waals surface area contributed by atoms with E-state index in [0.29, 0.717) is 11.6 Å². The van der Waals surface area contributed by atoms with Crippen LogP contribution in [0.25, 0.3) is 0 Å². The Morgan fingerprint density at radius 2 is 1.94 bits per heavy atom. The van der Waals surface area contributed by atoms with Crippen molar-refractivity contribution in [1.29, 1.82) is 0 Å². The Kier molecular flexibility index (Phi) is 2.78. The van der Waals surface area contributed by atoms with E-state index in [1.807, 2.05) is 31.2 Å². The third-order valence-corrected chi connectivity index (χ3v) is 4.36. The van der Waals surface area contributed by atoms with Crippen molar-refractivity contribution in [2.45, 2.75) is 19.4 Å². The van der Waals surface area contributed by atoms with Gasteiger partial charge in [0.2, 0.25) is 0 Å². The molecule has 0 saturated carbocycles. The van der Waals surface area contributed by atoms with Gasteiger partial charge in [-0.3, -0.25) is 4.79 Å². The molecule has 1 aromatic carbocycles. The molecule has 0 aromatic heterocycles. The van der Waals surface area contributed by atoms with Crippen molar-refractivity contribution < 1.29 is 9.59 Å². The molecule has 18 heavy (non-hydrogen) atoms. The maximum atomic E-state index is 12.3. The highest BCUT2D eigenvalue weighted by atomic mass is 32.2. The minimum absolute atomic E-state index is 0.0795. The molecular weight excluding hydrogens is 248 g/mol. The quantitative estimate of drug-likeness (QED) is 0.729. The zero-order valence-electron chi connectivity index (χ0n) is 10.1. The number of hydrogen-bond acceptors (Lipinski definition) is 3. The number of thioether (sulfide) groups is 1. The number of fused-ring (bicyclic) bond motifs is 1. The average molecular weight is 262 g/mol. The molecule has 0 spiro atoms. The van der Waals surface area contributed by atoms with E-state index in [2.05, 4.69) is 0 Å². The Labute approximate surface area is 110 Å². The Morgan fingerprint density at radius 1 is 1.22 bits per heavy atom. The highest BCUT2D eigenvalue weighted by molar-refractivity contribution is 7.99. The van der Waals surface area contributed by atoms with E-state index in [4.69, 9.17) is 0 Å². The zero-order chi connectivity index (χ0) is 12.7. The normalized spacial score (nSPS) is 23.5. The van der Waals surface area contributed by atoms with Gasteiger partial charge >= 0.3 is 6.03 Å². The Balaban J connectivity index is 1.95. The number of nitrogens with zero attached hydrogens (tertiary/aromatic N) is 2. The number of benzene rings is 1. The first-order valence-electron chi connectivity index (χ1n) is 5.97. The number of carbonyl (C=O) groups excluding carboxylic acids is 2. The monoisotopic (exact) mass is 262 g/mol. The SMILES string of the molecule is Cc1ccc(N2C(=O)C3CCSCN3C2=O)cc1. The smallest absolute Gasteiger partial charge is 0.303 e. The molecule has 2 aliphatic heterocycles. The first-order valence-corrected chi connectivity index (χ1v) is 7.13. The van der Waals surface area contributed by atoms with Crippen LogP contribution in [-0.2, 0) is 4.79 Å². The summed E-state index contributed by atoms with van der Waals surface area (Å²) in [6, 6.07) is 7.07. The molecule has 2 aliphatic rings. The highest BCUT2D eigenvalue weighted by Gasteiger charge is 2.46. The van der Waals surface area contributed by atoms with Crippen LogP contribution in [-0.4, -0.2) is 34.5 Å². The number of carbonyl (C=O) groups is 2. The summed E-state index contributed by atoms with van der Waals surface area (Å²) in [5.41, 5.74) is 1.79. The maximum absolute atomic E-state index is 12.3. The van der Waals surface area contributed by atoms with Crippen molar-refractivity contribution in [2.75, 3.05) is 16.5 Å². The van der Waals surface area contributed by atoms with E-state index in [-0.39, 0.29) is 18.0 Å². The summed E-state index contributed by atoms with van der Waals surface area (Å²) in [5, 5.41) is 0. The fourth-order valence-corrected chi connectivity index (χ4v) is 3.36. The largest absolute Gasteiger partial charge is 0.332 e. The van der Waals surface area contributed by atoms with Crippen LogP contribution < -0.4 is 4.90 Å². The van der Waals surface area contributed by atoms with Gasteiger partial charge in [-0.2, -0.15) is 0 Å². The maximum Gasteiger partial charge on any atom is 0.332 e. The van der Waals surface area contributed by atoms with Gasteiger partial charge < -0.3 is 4.90 Å². The van der Waals surface area contributed by atoms with Crippen LogP contribution in [0.1, 0.15) is 12.0 Å². The third kappa shape index (κ3) is 1.70. The Morgan fingerprint density at radius 3 is 2.61 bits per heavy atom. The molecule has 1 unspecified atom stereocenters. The minimum atomic E-state index is -0.250. The van der Waals surface area contributed by atoms with Gasteiger partial charge in [-0.25, -0.2) is 9.69 Å². The molecular formula is C13H14N2O2S. The molecule has 3 amide bonds. The lowest BCUT2D eigenvalue weighted by molar-refractivity contribution is -0.119. The van der Waals surface area contributed by atoms with E-state index in [1.54, 1.807) is 16.7 Å². The van der Waals surface area contributed by atoms with Crippen molar-refractivity contribution in [3.8, 4) is 0 Å². The van der Waals surface area contributed by atoms with Crippen LogP contribution in [0.15, 0.2) is 24.3 Å². The summed E-state index contributed by atoms with van der Waals surface area (Å²) in [5.74, 6) is 1.49. The third-order valence-electron chi connectivity index (χ3n) is 3.38. The second-order valence-electron chi connectivity index (χ2n) is 4.60. The standard InChI is InChI=1S/C13H14N2O2S/c1-9-2-4-10(5-3-9)15-12(16)11-6-7-18-8-14(11)13(15)17/h2-5,11H,6-8H2,1H3. The molecule has 1 atom stereocenters. The number of aryl methyl sites for hydroxylation is 1. The topological polar surface area (TPSA) is 40.6 Å². The number of rotatable bonds is 1. The number of amides is 3. The first kappa shape index (κ1) is 11.6. The van der Waals surface area contributed by atoms with Gasteiger partial charge in [0, 0.05) is 0 Å². The van der Waals surface area contributed by atoms with E-state index >= 15 is 0 Å². The first-order chi connectivity index (χ1) is 8.68. The number of anilines is 1. The van der Waals surface area contributed by atoms with Crippen LogP contribution in [0.2, 0.25) is 0 Å². The summed E-state index contributed by atoms with van der Waals surface area (Å²) >= 11 is 1.70. The summed E-state index contributed by atoms with van der Waals surface area (Å²) in [4.78, 5) is 27.5. The van der Waals surface area contributed by atoms with Gasteiger partial charge in [-0.1, -0.05) is 17.7 Å². The molecule has 5 heteroatoms. The molecule has 0 radical (unpaired) electrons. The molecule has 0 bridgehead atoms. The summed E-state index contributed by atoms with van der Waals surface area (Å²) < 4.78 is 0. The molecule has 1 aromatic rings. The second kappa shape index (κ2) is 4.31. The molecule has 4 nitrogen and oxygen atoms in total. The number of imide groups is 1. The fourth-order valence-electron chi connectivity index (χ4n) is 2.35. The molecule has 3 rings (SSSR count). The van der Waals surface area contributed by atoms with Crippen molar-refractivity contribution in [3.63, 3.8) is 0 Å². The zero-order valence-corrected chi connectivity index (χ0v) is 10.9. The molecule has 2 fully saturated rings. The highest BCUT2D eigenvalue weighted by Crippen LogP contribution is 2.31. The molecule has 94 valence electrons. The minimum Gasteiger partial charge on any atom is -0.303 e. The summed E-state index contributed by atoms with van der Waals surface area (Å²) in [6.45, 7) is 1.98. The Bertz CT molecular complexity index is 476. The number of hydrogen-bond donors (Lipinski definition) is 0. The van der Waals surface area contributed by atoms with Gasteiger partial charge in [0.25, 0.3) is 5.91 Å². The van der Waals surface area contributed by atoms with E-state index < -0.39 is 0 Å². The summed E-state index contributed by atoms with van der Waals surface area (Å²) in [6.07, 6.45) is 0.762. The average Bonchev–Trinajstić information content (AvgIpc) is 2.64. The predicted molar refractivity (Wildman–Crippen MR) is 71.6 cm³/mol. The second-order valence-corrected chi connectivity index (χ2v) is 5.68. The van der Waals surface area contributed by atoms with E-state index in [0.717, 1.165) is 17.7 Å². The van der Waals surface area contributed by atoms with Gasteiger partial charge in [-0.15, -0.1) is 11.8 Å². The van der Waals surface area contributed by atoms with Crippen LogP contribution in [0.4, 0.5) is 10.5 Å². The van der Waals surface area contributed by atoms with Crippen molar-refractivity contribution in [1.82, 2.24) is 4.90 Å². The molecule has 0 N–H and O–H groups in total. The Hall–Kier alpha value is -1.49. The van der Waals surface area contributed by atoms with Gasteiger partial charge in [0.1, 0.15) is 6.04 Å². The predicted octanol–water partition coefficient (Wildman–Crippen LogP) is 2.23. The van der Waals surface area contributed by atoms with Gasteiger partial charge in [0.05, 0.1) is 11.6 Å². The van der Waals surface area contributed by atoms with Crippen molar-refractivity contribution >= 4 is 29.4 Å². The van der Waals surface area contributed by atoms with E-state index in [9.17, 15) is 9.59 Å². The molecule has 2 saturated heterocycles. The van der Waals surface area contributed by atoms with Crippen LogP contribution >= 0.6 is 11.8 Å². The van der Waals surface area contributed by atoms with Crippen molar-refractivity contribution in [3.05, 3.63) is 29.8 Å². The van der Waals surface area contributed by atoms with Crippen LogP contribution in [0.5, 0.6) is 0 Å². The molecule has 0 aliphatic carbocycles. The summed E-state index contributed by atoms with van der Waals surface area (Å²) in [7, 11) is 0. The van der Waals surface area contributed by atoms with Crippen LogP contribution in [0, 0.1) is 6.92 Å². The van der Waals surface area contributed by atoms with Gasteiger partial charge in [0.15, 0.2) is 0 Å². The lowest BCUT2D eigenvalue weighted by Gasteiger charge is -2.25. The van der Waals surface area contributed by atoms with Crippen LogP contribution in [0.3, 0.4) is 0 Å². The van der Waals surface area contributed by atoms with Crippen molar-refractivity contribution in [2.24, 2.45) is 0 Å². The van der Waals surface area contributed by atoms with E-state index in [1.165, 1.54) is 4.90 Å². The van der Waals surface area contributed by atoms with Gasteiger partial charge in [-0.05, 0) is 31.2 Å². The number of urea groups is 1. The lowest BCUT2D eigenvalue weighted by Crippen LogP contribution is -2.38. The molecule has 2 heterocycles. The fraction of sp³-hybridized carbons (Fsp3) is 0.385.